The van der Waals surface area contributed by atoms with E-state index in [1.165, 1.54) is 6.07 Å². The predicted molar refractivity (Wildman–Crippen MR) is 109 cm³/mol. The zero-order chi connectivity index (χ0) is 16.2. The molecule has 0 aliphatic rings. The van der Waals surface area contributed by atoms with E-state index >= 15 is 0 Å². The second kappa shape index (κ2) is 13.7. The van der Waals surface area contributed by atoms with Crippen LogP contribution in [0.3, 0.4) is 0 Å². The normalized spacial score (nSPS) is 10.9. The number of rotatable bonds is 9. The minimum Gasteiger partial charge on any atom is -0.489 e. The van der Waals surface area contributed by atoms with Crippen molar-refractivity contribution in [2.45, 2.75) is 13.3 Å². The molecule has 23 heavy (non-hydrogen) atoms. The maximum Gasteiger partial charge on any atom is 0.193 e. The molecule has 0 unspecified atom stereocenters. The number of thioether (sulfide) groups is 1. The van der Waals surface area contributed by atoms with E-state index in [2.05, 4.69) is 16.6 Å². The topological polar surface area (TPSA) is 36.9 Å². The third kappa shape index (κ3) is 9.24. The van der Waals surface area contributed by atoms with Crippen LogP contribution in [0.5, 0.6) is 5.75 Å². The van der Waals surface area contributed by atoms with Crippen LogP contribution in [0, 0.1) is 5.82 Å². The molecule has 4 nitrogen and oxygen atoms in total. The van der Waals surface area contributed by atoms with Crippen LogP contribution >= 0.6 is 35.7 Å². The molecule has 0 atom stereocenters. The molecule has 0 aliphatic heterocycles. The molecule has 0 aliphatic carbocycles. The van der Waals surface area contributed by atoms with Crippen molar-refractivity contribution in [2.24, 2.45) is 4.99 Å². The van der Waals surface area contributed by atoms with Gasteiger partial charge in [0.1, 0.15) is 6.61 Å². The number of nitrogens with one attached hydrogen (secondary N) is 1. The summed E-state index contributed by atoms with van der Waals surface area (Å²) in [5.41, 5.74) is 0. The molecule has 0 amide bonds. The van der Waals surface area contributed by atoms with Crippen molar-refractivity contribution in [3.05, 3.63) is 30.1 Å². The van der Waals surface area contributed by atoms with E-state index in [1.807, 2.05) is 30.6 Å². The second-order valence-corrected chi connectivity index (χ2v) is 5.77. The van der Waals surface area contributed by atoms with E-state index < -0.39 is 0 Å². The fourth-order valence-corrected chi connectivity index (χ4v) is 2.24. The maximum absolute atomic E-state index is 13.5. The van der Waals surface area contributed by atoms with Gasteiger partial charge in [0.05, 0.1) is 6.54 Å². The zero-order valence-corrected chi connectivity index (χ0v) is 17.2. The summed E-state index contributed by atoms with van der Waals surface area (Å²) in [6.45, 7) is 4.72. The Morgan fingerprint density at radius 3 is 2.78 bits per heavy atom. The summed E-state index contributed by atoms with van der Waals surface area (Å²) in [5, 5.41) is 3.26. The van der Waals surface area contributed by atoms with Crippen LogP contribution in [-0.2, 0) is 0 Å². The summed E-state index contributed by atoms with van der Waals surface area (Å²) in [7, 11) is 1.96. The van der Waals surface area contributed by atoms with Gasteiger partial charge in [-0.3, -0.25) is 4.99 Å². The van der Waals surface area contributed by atoms with E-state index in [4.69, 9.17) is 4.74 Å². The zero-order valence-electron chi connectivity index (χ0n) is 14.0. The Morgan fingerprint density at radius 1 is 1.39 bits per heavy atom. The van der Waals surface area contributed by atoms with Crippen LogP contribution in [0.25, 0.3) is 0 Å². The molecule has 0 saturated heterocycles. The Morgan fingerprint density at radius 2 is 2.13 bits per heavy atom. The Balaban J connectivity index is 0.00000484. The fourth-order valence-electron chi connectivity index (χ4n) is 1.82. The number of halogens is 2. The number of benzene rings is 1. The molecule has 0 bridgehead atoms. The first-order valence-electron chi connectivity index (χ1n) is 7.54. The van der Waals surface area contributed by atoms with Gasteiger partial charge in [-0.05, 0) is 37.5 Å². The van der Waals surface area contributed by atoms with Gasteiger partial charge in [-0.2, -0.15) is 11.8 Å². The lowest BCUT2D eigenvalue weighted by Crippen LogP contribution is -2.41. The number of hydrogen-bond acceptors (Lipinski definition) is 3. The van der Waals surface area contributed by atoms with Crippen LogP contribution in [-0.4, -0.2) is 56.2 Å². The van der Waals surface area contributed by atoms with Crippen LogP contribution in [0.1, 0.15) is 13.3 Å². The molecule has 0 spiro atoms. The Bertz CT molecular complexity index is 463. The van der Waals surface area contributed by atoms with Gasteiger partial charge >= 0.3 is 0 Å². The maximum atomic E-state index is 13.5. The number of nitrogens with zero attached hydrogens (tertiary/aromatic N) is 2. The monoisotopic (exact) mass is 455 g/mol. The first-order valence-corrected chi connectivity index (χ1v) is 8.94. The van der Waals surface area contributed by atoms with Crippen LogP contribution in [0.2, 0.25) is 0 Å². The molecular formula is C16H27FIN3OS. The molecular weight excluding hydrogens is 428 g/mol. The Labute approximate surface area is 160 Å². The van der Waals surface area contributed by atoms with Gasteiger partial charge in [0.2, 0.25) is 0 Å². The lowest BCUT2D eigenvalue weighted by molar-refractivity contribution is 0.270. The van der Waals surface area contributed by atoms with Crippen molar-refractivity contribution in [3.63, 3.8) is 0 Å². The molecule has 7 heteroatoms. The molecule has 0 saturated carbocycles. The fraction of sp³-hybridized carbons (Fsp3) is 0.562. The van der Waals surface area contributed by atoms with E-state index in [0.717, 1.165) is 31.2 Å². The first kappa shape index (κ1) is 22.3. The van der Waals surface area contributed by atoms with E-state index in [1.54, 1.807) is 18.2 Å². The van der Waals surface area contributed by atoms with Gasteiger partial charge in [-0.1, -0.05) is 12.1 Å². The standard InChI is InChI=1S/C16H26FN3OS.HI/c1-4-18-16(19-10-7-13-22-3)20(2)11-12-21-15-9-6-5-8-14(15)17;/h5-6,8-9H,4,7,10-13H2,1-3H3,(H,18,19);1H. The minimum atomic E-state index is -0.331. The lowest BCUT2D eigenvalue weighted by atomic mass is 10.3. The number of aliphatic imine (C=N–C) groups is 1. The average Bonchev–Trinajstić information content (AvgIpc) is 2.52. The van der Waals surface area contributed by atoms with Gasteiger partial charge in [0, 0.05) is 20.1 Å². The highest BCUT2D eigenvalue weighted by Gasteiger charge is 2.06. The molecule has 0 radical (unpaired) electrons. The highest BCUT2D eigenvalue weighted by atomic mass is 127. The highest BCUT2D eigenvalue weighted by Crippen LogP contribution is 2.14. The number of hydrogen-bond donors (Lipinski definition) is 1. The molecule has 1 rings (SSSR count). The number of likely N-dealkylation sites (N-methyl/N-ethyl adjacent to an activating group) is 1. The van der Waals surface area contributed by atoms with Crippen molar-refractivity contribution in [1.29, 1.82) is 0 Å². The number of guanidine groups is 1. The summed E-state index contributed by atoms with van der Waals surface area (Å²) >= 11 is 1.83. The van der Waals surface area contributed by atoms with E-state index in [0.29, 0.717) is 13.2 Å². The van der Waals surface area contributed by atoms with Gasteiger partial charge in [-0.25, -0.2) is 4.39 Å². The minimum absolute atomic E-state index is 0. The number of para-hydroxylation sites is 1. The predicted octanol–water partition coefficient (Wildman–Crippen LogP) is 3.47. The molecule has 0 heterocycles. The largest absolute Gasteiger partial charge is 0.489 e. The van der Waals surface area contributed by atoms with Crippen LogP contribution in [0.15, 0.2) is 29.3 Å². The average molecular weight is 455 g/mol. The third-order valence-corrected chi connectivity index (χ3v) is 3.68. The third-order valence-electron chi connectivity index (χ3n) is 2.99. The van der Waals surface area contributed by atoms with Crippen LogP contribution < -0.4 is 10.1 Å². The number of ether oxygens (including phenoxy) is 1. The lowest BCUT2D eigenvalue weighted by Gasteiger charge is -2.22. The van der Waals surface area contributed by atoms with Crippen molar-refractivity contribution in [3.8, 4) is 5.75 Å². The Hall–Kier alpha value is -0.700. The molecule has 0 aromatic heterocycles. The summed E-state index contributed by atoms with van der Waals surface area (Å²) in [6.07, 6.45) is 3.16. The summed E-state index contributed by atoms with van der Waals surface area (Å²) < 4.78 is 18.9. The molecule has 1 aromatic carbocycles. The summed E-state index contributed by atoms with van der Waals surface area (Å²) in [6, 6.07) is 6.45. The molecule has 1 aromatic rings. The Kier molecular flexibility index (Phi) is 13.3. The van der Waals surface area contributed by atoms with E-state index in [-0.39, 0.29) is 35.5 Å². The van der Waals surface area contributed by atoms with Crippen LogP contribution in [0.4, 0.5) is 4.39 Å². The second-order valence-electron chi connectivity index (χ2n) is 4.78. The van der Waals surface area contributed by atoms with Gasteiger partial charge in [-0.15, -0.1) is 24.0 Å². The van der Waals surface area contributed by atoms with Gasteiger partial charge < -0.3 is 15.0 Å². The van der Waals surface area contributed by atoms with Gasteiger partial charge in [0.15, 0.2) is 17.5 Å². The SMILES string of the molecule is CCNC(=NCCCSC)N(C)CCOc1ccccc1F.I. The summed E-state index contributed by atoms with van der Waals surface area (Å²) in [5.74, 6) is 1.93. The molecule has 1 N–H and O–H groups in total. The van der Waals surface area contributed by atoms with Crippen molar-refractivity contribution in [2.75, 3.05) is 45.3 Å². The first-order chi connectivity index (χ1) is 10.7. The molecule has 132 valence electrons. The summed E-state index contributed by atoms with van der Waals surface area (Å²) in [4.78, 5) is 6.59. The highest BCUT2D eigenvalue weighted by molar-refractivity contribution is 14.0. The molecule has 0 fully saturated rings. The smallest absolute Gasteiger partial charge is 0.193 e. The van der Waals surface area contributed by atoms with Crippen molar-refractivity contribution in [1.82, 2.24) is 10.2 Å². The van der Waals surface area contributed by atoms with Gasteiger partial charge in [0.25, 0.3) is 0 Å². The van der Waals surface area contributed by atoms with Crippen molar-refractivity contribution >= 4 is 41.7 Å². The van der Waals surface area contributed by atoms with E-state index in [9.17, 15) is 4.39 Å². The van der Waals surface area contributed by atoms with Crippen molar-refractivity contribution < 1.29 is 9.13 Å². The quantitative estimate of drug-likeness (QED) is 0.268.